The molecule has 0 spiro atoms. The van der Waals surface area contributed by atoms with Gasteiger partial charge < -0.3 is 20.5 Å². The summed E-state index contributed by atoms with van der Waals surface area (Å²) < 4.78 is 4.87. The lowest BCUT2D eigenvalue weighted by atomic mass is 10.1. The van der Waals surface area contributed by atoms with Gasteiger partial charge in [0.2, 0.25) is 5.91 Å². The van der Waals surface area contributed by atoms with Crippen LogP contribution in [0.3, 0.4) is 0 Å². The van der Waals surface area contributed by atoms with E-state index in [9.17, 15) is 14.4 Å². The Morgan fingerprint density at radius 3 is 2.71 bits per heavy atom. The lowest BCUT2D eigenvalue weighted by Crippen LogP contribution is -2.26. The second-order valence-electron chi connectivity index (χ2n) is 4.74. The molecule has 112 valence electrons. The van der Waals surface area contributed by atoms with Gasteiger partial charge in [0.25, 0.3) is 0 Å². The molecule has 0 aliphatic carbocycles. The van der Waals surface area contributed by atoms with Gasteiger partial charge in [-0.05, 0) is 25.1 Å². The van der Waals surface area contributed by atoms with E-state index in [2.05, 4.69) is 0 Å². The second kappa shape index (κ2) is 5.82. The molecule has 1 aromatic carbocycles. The minimum atomic E-state index is -1.01. The van der Waals surface area contributed by atoms with E-state index in [0.29, 0.717) is 11.3 Å². The smallest absolute Gasteiger partial charge is 0.338 e. The Balaban J connectivity index is 2.24. The van der Waals surface area contributed by atoms with Crippen molar-refractivity contribution in [2.75, 3.05) is 23.8 Å². The average molecular weight is 292 g/mol. The quantitative estimate of drug-likeness (QED) is 0.629. The first-order chi connectivity index (χ1) is 9.93. The number of rotatable bonds is 4. The number of anilines is 2. The third-order valence-corrected chi connectivity index (χ3v) is 3.30. The maximum atomic E-state index is 11.9. The van der Waals surface area contributed by atoms with Crippen molar-refractivity contribution in [1.82, 2.24) is 0 Å². The molecular weight excluding hydrogens is 276 g/mol. The van der Waals surface area contributed by atoms with Crippen LogP contribution in [0.1, 0.15) is 23.7 Å². The molecule has 1 aliphatic heterocycles. The Morgan fingerprint density at radius 2 is 2.19 bits per heavy atom. The minimum absolute atomic E-state index is 0.0472. The molecule has 1 fully saturated rings. The van der Waals surface area contributed by atoms with Crippen LogP contribution in [-0.4, -0.2) is 36.1 Å². The van der Waals surface area contributed by atoms with Crippen molar-refractivity contribution in [1.29, 1.82) is 0 Å². The minimum Gasteiger partial charge on any atom is -0.481 e. The summed E-state index contributed by atoms with van der Waals surface area (Å²) in [5.41, 5.74) is 6.81. The van der Waals surface area contributed by atoms with E-state index in [4.69, 9.17) is 15.6 Å². The Hall–Kier alpha value is -2.57. The van der Waals surface area contributed by atoms with Gasteiger partial charge in [0.1, 0.15) is 0 Å². The van der Waals surface area contributed by atoms with Gasteiger partial charge in [0, 0.05) is 13.0 Å². The largest absolute Gasteiger partial charge is 0.481 e. The molecule has 1 saturated heterocycles. The number of amides is 1. The molecule has 1 amide bonds. The van der Waals surface area contributed by atoms with E-state index in [1.54, 1.807) is 6.92 Å². The molecule has 0 aromatic heterocycles. The highest BCUT2D eigenvalue weighted by Crippen LogP contribution is 2.30. The van der Waals surface area contributed by atoms with Gasteiger partial charge in [-0.15, -0.1) is 0 Å². The summed E-state index contributed by atoms with van der Waals surface area (Å²) >= 11 is 0. The number of hydrogen-bond donors (Lipinski definition) is 2. The van der Waals surface area contributed by atoms with Crippen molar-refractivity contribution < 1.29 is 24.2 Å². The fraction of sp³-hybridized carbons (Fsp3) is 0.357. The highest BCUT2D eigenvalue weighted by Gasteiger charge is 2.35. The summed E-state index contributed by atoms with van der Waals surface area (Å²) in [4.78, 5) is 35.8. The number of carboxylic acids is 1. The highest BCUT2D eigenvalue weighted by atomic mass is 16.5. The van der Waals surface area contributed by atoms with Crippen LogP contribution in [0, 0.1) is 5.92 Å². The topological polar surface area (TPSA) is 110 Å². The Morgan fingerprint density at radius 1 is 1.48 bits per heavy atom. The van der Waals surface area contributed by atoms with Gasteiger partial charge in [0.05, 0.1) is 29.5 Å². The molecule has 1 heterocycles. The molecule has 3 N–H and O–H groups in total. The van der Waals surface area contributed by atoms with Crippen molar-refractivity contribution >= 4 is 29.2 Å². The summed E-state index contributed by atoms with van der Waals surface area (Å²) in [6.07, 6.45) is -0.0472. The van der Waals surface area contributed by atoms with Crippen LogP contribution in [0.15, 0.2) is 18.2 Å². The molecule has 2 rings (SSSR count). The first kappa shape index (κ1) is 14.8. The van der Waals surface area contributed by atoms with Crippen LogP contribution in [0.25, 0.3) is 0 Å². The lowest BCUT2D eigenvalue weighted by Gasteiger charge is -2.18. The number of benzene rings is 1. The molecule has 0 radical (unpaired) electrons. The fourth-order valence-corrected chi connectivity index (χ4v) is 2.25. The summed E-state index contributed by atoms with van der Waals surface area (Å²) in [6, 6.07) is 4.46. The monoisotopic (exact) mass is 292 g/mol. The van der Waals surface area contributed by atoms with E-state index in [0.717, 1.165) is 0 Å². The molecule has 21 heavy (non-hydrogen) atoms. The zero-order valence-corrected chi connectivity index (χ0v) is 11.5. The Labute approximate surface area is 121 Å². The summed E-state index contributed by atoms with van der Waals surface area (Å²) in [5.74, 6) is -2.53. The Bertz CT molecular complexity index is 599. The number of nitrogen functional groups attached to an aromatic ring is 1. The maximum Gasteiger partial charge on any atom is 0.338 e. The molecule has 1 aromatic rings. The van der Waals surface area contributed by atoms with Crippen LogP contribution in [0.4, 0.5) is 11.4 Å². The van der Waals surface area contributed by atoms with Gasteiger partial charge in [-0.3, -0.25) is 9.59 Å². The van der Waals surface area contributed by atoms with Crippen molar-refractivity contribution in [3.8, 4) is 0 Å². The van der Waals surface area contributed by atoms with Gasteiger partial charge in [0.15, 0.2) is 0 Å². The summed E-state index contributed by atoms with van der Waals surface area (Å²) in [7, 11) is 0. The van der Waals surface area contributed by atoms with Crippen LogP contribution in [-0.2, 0) is 14.3 Å². The summed E-state index contributed by atoms with van der Waals surface area (Å²) in [6.45, 7) is 2.03. The van der Waals surface area contributed by atoms with Crippen LogP contribution < -0.4 is 10.6 Å². The number of hydrogen-bond acceptors (Lipinski definition) is 5. The van der Waals surface area contributed by atoms with Crippen molar-refractivity contribution in [3.63, 3.8) is 0 Å². The second-order valence-corrected chi connectivity index (χ2v) is 4.74. The number of carbonyl (C=O) groups excluding carboxylic acids is 2. The normalized spacial score (nSPS) is 17.9. The standard InChI is InChI=1S/C14H16N2O5/c1-2-21-14(20)8-3-4-11(10(15)5-8)16-7-9(13(18)19)6-12(16)17/h3-5,9H,2,6-7,15H2,1H3,(H,18,19). The number of aliphatic carboxylic acids is 1. The van der Waals surface area contributed by atoms with Gasteiger partial charge in [-0.25, -0.2) is 4.79 Å². The van der Waals surface area contributed by atoms with Crippen molar-refractivity contribution in [3.05, 3.63) is 23.8 Å². The molecular formula is C14H16N2O5. The maximum absolute atomic E-state index is 11.9. The molecule has 7 heteroatoms. The highest BCUT2D eigenvalue weighted by molar-refractivity contribution is 6.02. The number of nitrogens with zero attached hydrogens (tertiary/aromatic N) is 1. The van der Waals surface area contributed by atoms with Crippen LogP contribution >= 0.6 is 0 Å². The molecule has 7 nitrogen and oxygen atoms in total. The number of esters is 1. The molecule has 0 bridgehead atoms. The van der Waals surface area contributed by atoms with Gasteiger partial charge in [-0.2, -0.15) is 0 Å². The van der Waals surface area contributed by atoms with Crippen molar-refractivity contribution in [2.45, 2.75) is 13.3 Å². The molecule has 1 unspecified atom stereocenters. The Kier molecular flexibility index (Phi) is 4.11. The number of carbonyl (C=O) groups is 3. The number of ether oxygens (including phenoxy) is 1. The number of carboxylic acid groups (broad SMARTS) is 1. The zero-order chi connectivity index (χ0) is 15.6. The van der Waals surface area contributed by atoms with E-state index in [1.807, 2.05) is 0 Å². The van der Waals surface area contributed by atoms with Crippen molar-refractivity contribution in [2.24, 2.45) is 5.92 Å². The van der Waals surface area contributed by atoms with E-state index in [-0.39, 0.29) is 31.2 Å². The third kappa shape index (κ3) is 2.96. The van der Waals surface area contributed by atoms with E-state index >= 15 is 0 Å². The predicted octanol–water partition coefficient (Wildman–Crippen LogP) is 0.883. The average Bonchev–Trinajstić information content (AvgIpc) is 2.81. The number of nitrogens with two attached hydrogens (primary N) is 1. The third-order valence-electron chi connectivity index (χ3n) is 3.30. The van der Waals surface area contributed by atoms with Gasteiger partial charge in [-0.1, -0.05) is 0 Å². The van der Waals surface area contributed by atoms with E-state index < -0.39 is 17.9 Å². The molecule has 1 atom stereocenters. The zero-order valence-electron chi connectivity index (χ0n) is 11.5. The predicted molar refractivity (Wildman–Crippen MR) is 74.9 cm³/mol. The van der Waals surface area contributed by atoms with Gasteiger partial charge >= 0.3 is 11.9 Å². The van der Waals surface area contributed by atoms with Crippen LogP contribution in [0.2, 0.25) is 0 Å². The van der Waals surface area contributed by atoms with Crippen LogP contribution in [0.5, 0.6) is 0 Å². The lowest BCUT2D eigenvalue weighted by molar-refractivity contribution is -0.141. The SMILES string of the molecule is CCOC(=O)c1ccc(N2CC(C(=O)O)CC2=O)c(N)c1. The first-order valence-corrected chi connectivity index (χ1v) is 6.53. The molecule has 0 saturated carbocycles. The fourth-order valence-electron chi connectivity index (χ4n) is 2.25. The first-order valence-electron chi connectivity index (χ1n) is 6.53. The van der Waals surface area contributed by atoms with E-state index in [1.165, 1.54) is 23.1 Å². The summed E-state index contributed by atoms with van der Waals surface area (Å²) in [5, 5.41) is 8.97. The molecule has 1 aliphatic rings.